The second-order valence-electron chi connectivity index (χ2n) is 18.6. The molecule has 0 saturated heterocycles. The van der Waals surface area contributed by atoms with Gasteiger partial charge >= 0.3 is 36.2 Å². The van der Waals surface area contributed by atoms with Crippen LogP contribution in [0.2, 0.25) is 0 Å². The van der Waals surface area contributed by atoms with Crippen molar-refractivity contribution in [3.05, 3.63) is 59.7 Å². The minimum Gasteiger partial charge on any atom is -0.460 e. The SMILES string of the molecule is CC(C)(C)OC(=O)CCOCCOCCOCCOCCN(CC(=O)OC(C)(C)C)C(=O)OCc1ccc(OC(=O)c2ccc(N=C(NC(=O)OC(C)(C)C)NC(=O)OC(C)(C)C)cc2)cc1. The number of amides is 3. The third kappa shape index (κ3) is 28.7. The van der Waals surface area contributed by atoms with Gasteiger partial charge in [0.1, 0.15) is 41.3 Å². The summed E-state index contributed by atoms with van der Waals surface area (Å²) in [5, 5.41) is 4.79. The van der Waals surface area contributed by atoms with Crippen LogP contribution in [0.25, 0.3) is 0 Å². The Morgan fingerprint density at radius 3 is 1.46 bits per heavy atom. The van der Waals surface area contributed by atoms with E-state index in [0.717, 1.165) is 0 Å². The molecular formula is C47H70N4O16. The van der Waals surface area contributed by atoms with Gasteiger partial charge in [-0.1, -0.05) is 12.1 Å². The average molecular weight is 947 g/mol. The number of esters is 3. The van der Waals surface area contributed by atoms with Crippen molar-refractivity contribution in [1.29, 1.82) is 0 Å². The Labute approximate surface area is 393 Å². The molecule has 0 radical (unpaired) electrons. The number of rotatable bonds is 22. The van der Waals surface area contributed by atoms with Gasteiger partial charge in [0.05, 0.1) is 70.5 Å². The Morgan fingerprint density at radius 2 is 0.985 bits per heavy atom. The summed E-state index contributed by atoms with van der Waals surface area (Å²) >= 11 is 0. The lowest BCUT2D eigenvalue weighted by molar-refractivity contribution is -0.157. The topological polar surface area (TPSA) is 234 Å². The number of aliphatic imine (C=N–C) groups is 1. The molecule has 0 aliphatic rings. The number of guanidine groups is 1. The molecule has 0 unspecified atom stereocenters. The van der Waals surface area contributed by atoms with E-state index in [4.69, 9.17) is 47.4 Å². The van der Waals surface area contributed by atoms with Crippen molar-refractivity contribution in [3.63, 3.8) is 0 Å². The van der Waals surface area contributed by atoms with E-state index in [9.17, 15) is 28.8 Å². The largest absolute Gasteiger partial charge is 0.460 e. The van der Waals surface area contributed by atoms with E-state index >= 15 is 0 Å². The van der Waals surface area contributed by atoms with E-state index in [2.05, 4.69) is 15.6 Å². The number of carbonyl (C=O) groups excluding carboxylic acids is 6. The van der Waals surface area contributed by atoms with Crippen molar-refractivity contribution in [2.45, 2.75) is 119 Å². The first-order chi connectivity index (χ1) is 31.2. The van der Waals surface area contributed by atoms with Crippen molar-refractivity contribution in [2.24, 2.45) is 4.99 Å². The van der Waals surface area contributed by atoms with Gasteiger partial charge in [-0.05, 0) is 125 Å². The van der Waals surface area contributed by atoms with Gasteiger partial charge in [-0.15, -0.1) is 0 Å². The number of benzene rings is 2. The fraction of sp³-hybridized carbons (Fsp3) is 0.596. The van der Waals surface area contributed by atoms with Gasteiger partial charge in [-0.25, -0.2) is 24.2 Å². The smallest absolute Gasteiger partial charge is 0.414 e. The van der Waals surface area contributed by atoms with Crippen LogP contribution in [-0.2, 0) is 58.8 Å². The first kappa shape index (κ1) is 57.3. The number of hydrogen-bond acceptors (Lipinski definition) is 17. The van der Waals surface area contributed by atoms with Crippen LogP contribution in [0.3, 0.4) is 0 Å². The predicted molar refractivity (Wildman–Crippen MR) is 245 cm³/mol. The molecule has 2 N–H and O–H groups in total. The molecule has 0 fully saturated rings. The zero-order valence-corrected chi connectivity index (χ0v) is 41.0. The van der Waals surface area contributed by atoms with Gasteiger partial charge in [0, 0.05) is 6.54 Å². The van der Waals surface area contributed by atoms with E-state index in [1.54, 1.807) is 95.2 Å². The van der Waals surface area contributed by atoms with Crippen molar-refractivity contribution < 1.29 is 76.1 Å². The van der Waals surface area contributed by atoms with Gasteiger partial charge in [-0.3, -0.25) is 25.1 Å². The summed E-state index contributed by atoms with van der Waals surface area (Å²) < 4.78 is 54.2. The fourth-order valence-electron chi connectivity index (χ4n) is 4.99. The molecule has 2 aromatic rings. The molecular weight excluding hydrogens is 877 g/mol. The van der Waals surface area contributed by atoms with E-state index in [1.807, 2.05) is 0 Å². The maximum absolute atomic E-state index is 13.1. The van der Waals surface area contributed by atoms with Crippen molar-refractivity contribution in [1.82, 2.24) is 15.5 Å². The highest BCUT2D eigenvalue weighted by atomic mass is 16.6. The van der Waals surface area contributed by atoms with Crippen LogP contribution in [0.4, 0.5) is 20.1 Å². The Hall–Kier alpha value is -5.83. The second-order valence-corrected chi connectivity index (χ2v) is 18.6. The molecule has 0 atom stereocenters. The monoisotopic (exact) mass is 946 g/mol. The molecule has 374 valence electrons. The Balaban J connectivity index is 1.86. The van der Waals surface area contributed by atoms with Crippen LogP contribution in [0, 0.1) is 0 Å². The van der Waals surface area contributed by atoms with Crippen LogP contribution in [-0.4, -0.2) is 135 Å². The van der Waals surface area contributed by atoms with Gasteiger partial charge in [0.25, 0.3) is 0 Å². The van der Waals surface area contributed by atoms with E-state index in [0.29, 0.717) is 32.0 Å². The summed E-state index contributed by atoms with van der Waals surface area (Å²) in [7, 11) is 0. The Bertz CT molecular complexity index is 1880. The third-order valence-corrected chi connectivity index (χ3v) is 7.57. The zero-order chi connectivity index (χ0) is 50.3. The molecule has 0 bridgehead atoms. The number of ether oxygens (including phenoxy) is 10. The lowest BCUT2D eigenvalue weighted by Crippen LogP contribution is -2.47. The van der Waals surface area contributed by atoms with Gasteiger partial charge in [0.2, 0.25) is 5.96 Å². The van der Waals surface area contributed by atoms with Gasteiger partial charge in [-0.2, -0.15) is 0 Å². The van der Waals surface area contributed by atoms with Gasteiger partial charge < -0.3 is 47.4 Å². The summed E-state index contributed by atoms with van der Waals surface area (Å²) in [6, 6.07) is 12.1. The maximum atomic E-state index is 13.1. The number of hydrogen-bond donors (Lipinski definition) is 2. The second kappa shape index (κ2) is 27.7. The third-order valence-electron chi connectivity index (χ3n) is 7.57. The molecule has 2 rings (SSSR count). The quantitative estimate of drug-likeness (QED) is 0.0301. The average Bonchev–Trinajstić information content (AvgIpc) is 3.17. The van der Waals surface area contributed by atoms with Crippen LogP contribution < -0.4 is 15.4 Å². The van der Waals surface area contributed by atoms with E-state index in [1.165, 1.54) is 41.3 Å². The van der Waals surface area contributed by atoms with E-state index < -0.39 is 52.6 Å². The summed E-state index contributed by atoms with van der Waals surface area (Å²) in [6.07, 6.45) is -2.32. The van der Waals surface area contributed by atoms with Crippen LogP contribution >= 0.6 is 0 Å². The number of alkyl carbamates (subject to hydrolysis) is 2. The van der Waals surface area contributed by atoms with Crippen LogP contribution in [0.1, 0.15) is 105 Å². The molecule has 0 aliphatic carbocycles. The van der Waals surface area contributed by atoms with E-state index in [-0.39, 0.29) is 81.5 Å². The molecule has 20 heteroatoms. The molecule has 0 saturated carbocycles. The van der Waals surface area contributed by atoms with Crippen LogP contribution in [0.5, 0.6) is 5.75 Å². The van der Waals surface area contributed by atoms with Crippen LogP contribution in [0.15, 0.2) is 53.5 Å². The normalized spacial score (nSPS) is 11.7. The number of nitrogens with one attached hydrogen (secondary N) is 2. The summed E-state index contributed by atoms with van der Waals surface area (Å²) in [5.74, 6) is -1.67. The minimum atomic E-state index is -0.860. The molecule has 3 amide bonds. The zero-order valence-electron chi connectivity index (χ0n) is 41.0. The van der Waals surface area contributed by atoms with Crippen molar-refractivity contribution in [2.75, 3.05) is 65.9 Å². The highest BCUT2D eigenvalue weighted by Crippen LogP contribution is 2.19. The lowest BCUT2D eigenvalue weighted by atomic mass is 10.2. The Kier molecular flexibility index (Phi) is 23.7. The molecule has 20 nitrogen and oxygen atoms in total. The standard InChI is InChI=1S/C47H70N4O16/c1-44(2,3)64-37(52)21-23-58-25-27-60-29-30-61-28-26-59-24-22-51(31-38(53)65-45(4,5)6)43(57)62-32-33-13-19-36(20-14-33)63-39(54)34-15-17-35(18-16-34)48-40(49-41(55)66-46(7,8)9)50-42(56)67-47(10,11)12/h13-20H,21-32H2,1-12H3,(H2,48,49,50,55,56). The fourth-order valence-corrected chi connectivity index (χ4v) is 4.99. The summed E-state index contributed by atoms with van der Waals surface area (Å²) in [4.78, 5) is 80.8. The molecule has 0 aliphatic heterocycles. The first-order valence-corrected chi connectivity index (χ1v) is 21.8. The molecule has 67 heavy (non-hydrogen) atoms. The summed E-state index contributed by atoms with van der Waals surface area (Å²) in [6.45, 7) is 22.3. The highest BCUT2D eigenvalue weighted by molar-refractivity contribution is 6.02. The minimum absolute atomic E-state index is 0.0322. The molecule has 0 spiro atoms. The Morgan fingerprint density at radius 1 is 0.537 bits per heavy atom. The molecule has 0 heterocycles. The molecule has 2 aromatic carbocycles. The highest BCUT2D eigenvalue weighted by Gasteiger charge is 2.25. The predicted octanol–water partition coefficient (Wildman–Crippen LogP) is 7.02. The van der Waals surface area contributed by atoms with Crippen molar-refractivity contribution >= 4 is 47.8 Å². The lowest BCUT2D eigenvalue weighted by Gasteiger charge is -2.24. The van der Waals surface area contributed by atoms with Crippen molar-refractivity contribution in [3.8, 4) is 5.75 Å². The number of carbonyl (C=O) groups is 6. The van der Waals surface area contributed by atoms with Gasteiger partial charge in [0.15, 0.2) is 0 Å². The molecule has 0 aromatic heterocycles. The maximum Gasteiger partial charge on any atom is 0.414 e. The number of nitrogens with zero attached hydrogens (tertiary/aromatic N) is 2. The first-order valence-electron chi connectivity index (χ1n) is 21.8. The summed E-state index contributed by atoms with van der Waals surface area (Å²) in [5.41, 5.74) is -1.91.